The van der Waals surface area contributed by atoms with Gasteiger partial charge < -0.3 is 29.9 Å². The fourth-order valence-electron chi connectivity index (χ4n) is 1.34. The molecule has 0 bridgehead atoms. The van der Waals surface area contributed by atoms with Crippen molar-refractivity contribution in [3.05, 3.63) is 0 Å². The predicted molar refractivity (Wildman–Crippen MR) is 50.2 cm³/mol. The van der Waals surface area contributed by atoms with Crippen molar-refractivity contribution >= 4 is 5.97 Å². The van der Waals surface area contributed by atoms with Gasteiger partial charge in [-0.15, -0.1) is 0 Å². The largest absolute Gasteiger partial charge is 0.464 e. The number of hydrogen-bond donors (Lipinski definition) is 4. The standard InChI is InChI=1S/C9H16O7/c1-2-3-15-9(14)7-5(11)4(10)6(12)8(13)16-7/h4-8,10-13H,2-3H2,1H3/t4-,5-,6+,7-,8+/m0/s1. The number of esters is 1. The molecule has 0 aromatic carbocycles. The van der Waals surface area contributed by atoms with E-state index in [-0.39, 0.29) is 6.61 Å². The van der Waals surface area contributed by atoms with E-state index >= 15 is 0 Å². The van der Waals surface area contributed by atoms with Gasteiger partial charge in [-0.25, -0.2) is 4.79 Å². The zero-order chi connectivity index (χ0) is 12.3. The average molecular weight is 236 g/mol. The zero-order valence-electron chi connectivity index (χ0n) is 8.81. The summed E-state index contributed by atoms with van der Waals surface area (Å²) >= 11 is 0. The highest BCUT2D eigenvalue weighted by Gasteiger charge is 2.46. The van der Waals surface area contributed by atoms with Gasteiger partial charge in [0.2, 0.25) is 0 Å². The highest BCUT2D eigenvalue weighted by atomic mass is 16.7. The van der Waals surface area contributed by atoms with Crippen LogP contribution in [-0.2, 0) is 14.3 Å². The Morgan fingerprint density at radius 3 is 2.38 bits per heavy atom. The first kappa shape index (κ1) is 13.3. The smallest absolute Gasteiger partial charge is 0.338 e. The molecular weight excluding hydrogens is 220 g/mol. The maximum Gasteiger partial charge on any atom is 0.338 e. The van der Waals surface area contributed by atoms with Gasteiger partial charge in [-0.1, -0.05) is 6.92 Å². The molecule has 7 heteroatoms. The number of aliphatic hydroxyl groups excluding tert-OH is 4. The molecule has 1 saturated heterocycles. The summed E-state index contributed by atoms with van der Waals surface area (Å²) in [5.74, 6) is -0.876. The van der Waals surface area contributed by atoms with Gasteiger partial charge in [-0.05, 0) is 6.42 Å². The number of rotatable bonds is 3. The van der Waals surface area contributed by atoms with Crippen LogP contribution in [-0.4, -0.2) is 63.7 Å². The Labute approximate surface area is 92.2 Å². The minimum Gasteiger partial charge on any atom is -0.464 e. The van der Waals surface area contributed by atoms with Gasteiger partial charge in [-0.2, -0.15) is 0 Å². The average Bonchev–Trinajstić information content (AvgIpc) is 2.28. The summed E-state index contributed by atoms with van der Waals surface area (Å²) in [7, 11) is 0. The molecule has 1 fully saturated rings. The summed E-state index contributed by atoms with van der Waals surface area (Å²) in [4.78, 5) is 11.4. The van der Waals surface area contributed by atoms with Crippen LogP contribution in [0.1, 0.15) is 13.3 Å². The van der Waals surface area contributed by atoms with Gasteiger partial charge in [0.1, 0.15) is 18.3 Å². The lowest BCUT2D eigenvalue weighted by atomic mass is 9.99. The van der Waals surface area contributed by atoms with Crippen molar-refractivity contribution in [2.75, 3.05) is 6.61 Å². The van der Waals surface area contributed by atoms with Crippen molar-refractivity contribution in [3.8, 4) is 0 Å². The van der Waals surface area contributed by atoms with Crippen LogP contribution in [0.5, 0.6) is 0 Å². The molecule has 0 radical (unpaired) electrons. The second-order valence-corrected chi connectivity index (χ2v) is 3.59. The van der Waals surface area contributed by atoms with E-state index in [0.29, 0.717) is 6.42 Å². The number of carbonyl (C=O) groups excluding carboxylic acids is 1. The van der Waals surface area contributed by atoms with E-state index in [1.54, 1.807) is 6.92 Å². The summed E-state index contributed by atoms with van der Waals surface area (Å²) in [5, 5.41) is 37.1. The quantitative estimate of drug-likeness (QED) is 0.408. The molecule has 0 aromatic heterocycles. The third-order valence-corrected chi connectivity index (χ3v) is 2.27. The summed E-state index contributed by atoms with van der Waals surface area (Å²) in [6.45, 7) is 1.94. The van der Waals surface area contributed by atoms with Crippen molar-refractivity contribution < 1.29 is 34.7 Å². The molecule has 94 valence electrons. The molecule has 7 nitrogen and oxygen atoms in total. The van der Waals surface area contributed by atoms with E-state index in [9.17, 15) is 15.0 Å². The summed E-state index contributed by atoms with van der Waals surface area (Å²) in [5.41, 5.74) is 0. The molecule has 1 aliphatic rings. The molecule has 0 aromatic rings. The van der Waals surface area contributed by atoms with Gasteiger partial charge in [0.15, 0.2) is 12.4 Å². The molecule has 0 spiro atoms. The van der Waals surface area contributed by atoms with E-state index in [1.165, 1.54) is 0 Å². The number of ether oxygens (including phenoxy) is 2. The van der Waals surface area contributed by atoms with Gasteiger partial charge in [0.25, 0.3) is 0 Å². The Morgan fingerprint density at radius 2 is 1.81 bits per heavy atom. The number of carbonyl (C=O) groups is 1. The zero-order valence-corrected chi connectivity index (χ0v) is 8.81. The first-order valence-electron chi connectivity index (χ1n) is 5.03. The van der Waals surface area contributed by atoms with Crippen molar-refractivity contribution in [1.29, 1.82) is 0 Å². The lowest BCUT2D eigenvalue weighted by molar-refractivity contribution is -0.281. The Bertz CT molecular complexity index is 244. The maximum atomic E-state index is 11.4. The second kappa shape index (κ2) is 5.55. The minimum atomic E-state index is -1.72. The van der Waals surface area contributed by atoms with E-state index in [4.69, 9.17) is 14.9 Å². The Balaban J connectivity index is 2.62. The number of hydrogen-bond acceptors (Lipinski definition) is 7. The lowest BCUT2D eigenvalue weighted by Gasteiger charge is -2.36. The third-order valence-electron chi connectivity index (χ3n) is 2.27. The van der Waals surface area contributed by atoms with Crippen molar-refractivity contribution in [2.45, 2.75) is 44.1 Å². The Kier molecular flexibility index (Phi) is 4.63. The molecule has 0 saturated carbocycles. The molecule has 1 heterocycles. The van der Waals surface area contributed by atoms with Crippen molar-refractivity contribution in [1.82, 2.24) is 0 Å². The molecule has 0 aliphatic carbocycles. The third kappa shape index (κ3) is 2.69. The predicted octanol–water partition coefficient (Wildman–Crippen LogP) is -2.26. The first-order valence-corrected chi connectivity index (χ1v) is 5.03. The number of aliphatic hydroxyl groups is 4. The summed E-state index contributed by atoms with van der Waals surface area (Å²) in [6, 6.07) is 0. The van der Waals surface area contributed by atoms with E-state index in [1.807, 2.05) is 0 Å². The van der Waals surface area contributed by atoms with Crippen molar-refractivity contribution in [2.24, 2.45) is 0 Å². The minimum absolute atomic E-state index is 0.153. The van der Waals surface area contributed by atoms with Crippen LogP contribution >= 0.6 is 0 Å². The lowest BCUT2D eigenvalue weighted by Crippen LogP contribution is -2.59. The molecule has 1 rings (SSSR count). The molecule has 1 aliphatic heterocycles. The molecular formula is C9H16O7. The van der Waals surface area contributed by atoms with Crippen LogP contribution in [0.4, 0.5) is 0 Å². The van der Waals surface area contributed by atoms with Crippen LogP contribution in [0.2, 0.25) is 0 Å². The highest BCUT2D eigenvalue weighted by molar-refractivity contribution is 5.75. The van der Waals surface area contributed by atoms with E-state index in [2.05, 4.69) is 4.74 Å². The van der Waals surface area contributed by atoms with E-state index < -0.39 is 36.7 Å². The van der Waals surface area contributed by atoms with Gasteiger partial charge in [-0.3, -0.25) is 0 Å². The molecule has 16 heavy (non-hydrogen) atoms. The normalized spacial score (nSPS) is 39.4. The summed E-state index contributed by atoms with van der Waals surface area (Å²) in [6.07, 6.45) is -7.53. The fraction of sp³-hybridized carbons (Fsp3) is 0.889. The van der Waals surface area contributed by atoms with Crippen LogP contribution in [0.3, 0.4) is 0 Å². The van der Waals surface area contributed by atoms with Crippen LogP contribution < -0.4 is 0 Å². The van der Waals surface area contributed by atoms with Crippen molar-refractivity contribution in [3.63, 3.8) is 0 Å². The molecule has 0 unspecified atom stereocenters. The molecule has 5 atom stereocenters. The molecule has 4 N–H and O–H groups in total. The van der Waals surface area contributed by atoms with Gasteiger partial charge >= 0.3 is 5.97 Å². The monoisotopic (exact) mass is 236 g/mol. The van der Waals surface area contributed by atoms with Crippen LogP contribution in [0.25, 0.3) is 0 Å². The highest BCUT2D eigenvalue weighted by Crippen LogP contribution is 2.20. The topological polar surface area (TPSA) is 116 Å². The van der Waals surface area contributed by atoms with Gasteiger partial charge in [0.05, 0.1) is 6.61 Å². The van der Waals surface area contributed by atoms with Gasteiger partial charge in [0, 0.05) is 0 Å². The van der Waals surface area contributed by atoms with Crippen LogP contribution in [0, 0.1) is 0 Å². The SMILES string of the molecule is CCCOC(=O)[C@H]1O[C@@H](O)[C@H](O)[C@@H](O)[C@@H]1O. The Hall–Kier alpha value is -0.730. The first-order chi connectivity index (χ1) is 7.49. The fourth-order valence-corrected chi connectivity index (χ4v) is 1.34. The van der Waals surface area contributed by atoms with E-state index in [0.717, 1.165) is 0 Å². The maximum absolute atomic E-state index is 11.4. The van der Waals surface area contributed by atoms with Crippen LogP contribution in [0.15, 0.2) is 0 Å². The second-order valence-electron chi connectivity index (χ2n) is 3.59. The summed E-state index contributed by atoms with van der Waals surface area (Å²) < 4.78 is 9.37. The molecule has 0 amide bonds. The Morgan fingerprint density at radius 1 is 1.19 bits per heavy atom.